The van der Waals surface area contributed by atoms with Crippen LogP contribution in [0.15, 0.2) is 12.3 Å². The van der Waals surface area contributed by atoms with Gasteiger partial charge in [0.2, 0.25) is 0 Å². The molecule has 15 heavy (non-hydrogen) atoms. The van der Waals surface area contributed by atoms with E-state index in [1.807, 2.05) is 11.8 Å². The highest BCUT2D eigenvalue weighted by atomic mass is 35.5. The number of hydrogen-bond donors (Lipinski definition) is 1. The zero-order chi connectivity index (χ0) is 10.8. The summed E-state index contributed by atoms with van der Waals surface area (Å²) in [6.07, 6.45) is 1.66. The summed E-state index contributed by atoms with van der Waals surface area (Å²) in [5, 5.41) is 0.647. The number of pyridine rings is 1. The summed E-state index contributed by atoms with van der Waals surface area (Å²) < 4.78 is 0. The third kappa shape index (κ3) is 2.32. The number of nitrogen functional groups attached to an aromatic ring is 1. The number of nitrogens with two attached hydrogens (primary N) is 1. The average molecular weight is 244 g/mol. The lowest BCUT2D eigenvalue weighted by Gasteiger charge is -2.34. The van der Waals surface area contributed by atoms with Gasteiger partial charge in [-0.3, -0.25) is 0 Å². The molecule has 1 atom stereocenters. The number of rotatable bonds is 1. The van der Waals surface area contributed by atoms with Gasteiger partial charge in [0, 0.05) is 24.1 Å². The van der Waals surface area contributed by atoms with Gasteiger partial charge in [-0.2, -0.15) is 11.8 Å². The lowest BCUT2D eigenvalue weighted by Crippen LogP contribution is -2.41. The van der Waals surface area contributed by atoms with Crippen LogP contribution >= 0.6 is 23.4 Å². The van der Waals surface area contributed by atoms with Crippen molar-refractivity contribution in [2.24, 2.45) is 0 Å². The quantitative estimate of drug-likeness (QED) is 0.822. The SMILES string of the molecule is CC1CSCCN1c1ncc(N)cc1Cl. The van der Waals surface area contributed by atoms with Crippen LogP contribution in [0.4, 0.5) is 11.5 Å². The number of hydrogen-bond acceptors (Lipinski definition) is 4. The van der Waals surface area contributed by atoms with E-state index < -0.39 is 0 Å². The van der Waals surface area contributed by atoms with Crippen molar-refractivity contribution in [1.29, 1.82) is 0 Å². The lowest BCUT2D eigenvalue weighted by atomic mass is 10.3. The third-order valence-electron chi connectivity index (χ3n) is 2.48. The van der Waals surface area contributed by atoms with Crippen molar-refractivity contribution in [2.45, 2.75) is 13.0 Å². The fourth-order valence-electron chi connectivity index (χ4n) is 1.70. The molecule has 1 unspecified atom stereocenters. The van der Waals surface area contributed by atoms with Crippen LogP contribution in [-0.4, -0.2) is 29.1 Å². The molecule has 0 aromatic carbocycles. The van der Waals surface area contributed by atoms with Crippen LogP contribution < -0.4 is 10.6 Å². The van der Waals surface area contributed by atoms with E-state index in [0.29, 0.717) is 16.8 Å². The molecule has 1 saturated heterocycles. The van der Waals surface area contributed by atoms with E-state index in [1.165, 1.54) is 0 Å². The zero-order valence-corrected chi connectivity index (χ0v) is 10.2. The Labute approximate surface area is 99.0 Å². The van der Waals surface area contributed by atoms with Gasteiger partial charge in [-0.25, -0.2) is 4.98 Å². The summed E-state index contributed by atoms with van der Waals surface area (Å²) in [4.78, 5) is 6.56. The van der Waals surface area contributed by atoms with Crippen molar-refractivity contribution in [3.63, 3.8) is 0 Å². The number of nitrogens with zero attached hydrogens (tertiary/aromatic N) is 2. The molecule has 2 N–H and O–H groups in total. The van der Waals surface area contributed by atoms with Gasteiger partial charge in [-0.05, 0) is 13.0 Å². The molecule has 0 aliphatic carbocycles. The van der Waals surface area contributed by atoms with Crippen molar-refractivity contribution >= 4 is 34.9 Å². The van der Waals surface area contributed by atoms with Crippen molar-refractivity contribution in [3.8, 4) is 0 Å². The molecule has 3 nitrogen and oxygen atoms in total. The summed E-state index contributed by atoms with van der Waals surface area (Å²) in [6, 6.07) is 2.25. The summed E-state index contributed by atoms with van der Waals surface area (Å²) in [5.41, 5.74) is 6.24. The Balaban J connectivity index is 2.27. The molecule has 5 heteroatoms. The van der Waals surface area contributed by atoms with Gasteiger partial charge in [0.1, 0.15) is 5.82 Å². The van der Waals surface area contributed by atoms with Crippen LogP contribution in [0.3, 0.4) is 0 Å². The normalized spacial score (nSPS) is 21.7. The van der Waals surface area contributed by atoms with Gasteiger partial charge in [-0.15, -0.1) is 0 Å². The van der Waals surface area contributed by atoms with E-state index in [2.05, 4.69) is 16.8 Å². The minimum atomic E-state index is 0.484. The Hall–Kier alpha value is -0.610. The highest BCUT2D eigenvalue weighted by Crippen LogP contribution is 2.29. The highest BCUT2D eigenvalue weighted by molar-refractivity contribution is 7.99. The Morgan fingerprint density at radius 1 is 1.67 bits per heavy atom. The van der Waals surface area contributed by atoms with Crippen LogP contribution in [0.5, 0.6) is 0 Å². The molecule has 0 spiro atoms. The highest BCUT2D eigenvalue weighted by Gasteiger charge is 2.21. The van der Waals surface area contributed by atoms with E-state index >= 15 is 0 Å². The molecule has 2 rings (SSSR count). The minimum absolute atomic E-state index is 0.484. The second kappa shape index (κ2) is 4.49. The maximum atomic E-state index is 6.14. The standard InChI is InChI=1S/C10H14ClN3S/c1-7-6-15-3-2-14(7)10-9(11)4-8(12)5-13-10/h4-5,7H,2-3,6,12H2,1H3. The first-order chi connectivity index (χ1) is 7.18. The molecule has 1 aromatic heterocycles. The fourth-order valence-corrected chi connectivity index (χ4v) is 3.00. The number of halogens is 1. The third-order valence-corrected chi connectivity index (χ3v) is 3.95. The molecular formula is C10H14ClN3S. The smallest absolute Gasteiger partial charge is 0.147 e. The Kier molecular flexibility index (Phi) is 3.26. The second-order valence-corrected chi connectivity index (χ2v) is 5.25. The number of aromatic nitrogens is 1. The summed E-state index contributed by atoms with van der Waals surface area (Å²) in [7, 11) is 0. The van der Waals surface area contributed by atoms with E-state index in [1.54, 1.807) is 12.3 Å². The average Bonchev–Trinajstić information content (AvgIpc) is 2.20. The van der Waals surface area contributed by atoms with Gasteiger partial charge in [0.25, 0.3) is 0 Å². The molecular weight excluding hydrogens is 230 g/mol. The molecule has 0 amide bonds. The first-order valence-electron chi connectivity index (χ1n) is 4.94. The Morgan fingerprint density at radius 2 is 2.47 bits per heavy atom. The monoisotopic (exact) mass is 243 g/mol. The van der Waals surface area contributed by atoms with E-state index in [0.717, 1.165) is 23.9 Å². The Bertz CT molecular complexity index is 359. The van der Waals surface area contributed by atoms with Crippen molar-refractivity contribution < 1.29 is 0 Å². The maximum Gasteiger partial charge on any atom is 0.147 e. The van der Waals surface area contributed by atoms with Gasteiger partial charge >= 0.3 is 0 Å². The van der Waals surface area contributed by atoms with Crippen molar-refractivity contribution in [2.75, 3.05) is 28.7 Å². The molecule has 2 heterocycles. The van der Waals surface area contributed by atoms with E-state index in [-0.39, 0.29) is 0 Å². The predicted octanol–water partition coefficient (Wildman–Crippen LogP) is 2.26. The number of thioether (sulfide) groups is 1. The minimum Gasteiger partial charge on any atom is -0.397 e. The van der Waals surface area contributed by atoms with Gasteiger partial charge in [-0.1, -0.05) is 11.6 Å². The van der Waals surface area contributed by atoms with Crippen molar-refractivity contribution in [3.05, 3.63) is 17.3 Å². The van der Waals surface area contributed by atoms with Crippen LogP contribution in [0, 0.1) is 0 Å². The fraction of sp³-hybridized carbons (Fsp3) is 0.500. The summed E-state index contributed by atoms with van der Waals surface area (Å²) in [6.45, 7) is 3.20. The predicted molar refractivity (Wildman–Crippen MR) is 67.8 cm³/mol. The Morgan fingerprint density at radius 3 is 3.13 bits per heavy atom. The van der Waals surface area contributed by atoms with E-state index in [9.17, 15) is 0 Å². The second-order valence-electron chi connectivity index (χ2n) is 3.69. The van der Waals surface area contributed by atoms with Gasteiger partial charge in [0.05, 0.1) is 16.9 Å². The molecule has 1 aliphatic rings. The maximum absolute atomic E-state index is 6.14. The topological polar surface area (TPSA) is 42.2 Å². The molecule has 0 saturated carbocycles. The molecule has 82 valence electrons. The van der Waals surface area contributed by atoms with Crippen LogP contribution in [0.2, 0.25) is 5.02 Å². The van der Waals surface area contributed by atoms with Crippen molar-refractivity contribution in [1.82, 2.24) is 4.98 Å². The first kappa shape index (κ1) is 10.9. The summed E-state index contributed by atoms with van der Waals surface area (Å²) in [5.74, 6) is 3.12. The van der Waals surface area contributed by atoms with Crippen LogP contribution in [0.1, 0.15) is 6.92 Å². The zero-order valence-electron chi connectivity index (χ0n) is 8.61. The lowest BCUT2D eigenvalue weighted by molar-refractivity contribution is 0.690. The molecule has 1 aliphatic heterocycles. The van der Waals surface area contributed by atoms with Gasteiger partial charge in [0.15, 0.2) is 0 Å². The van der Waals surface area contributed by atoms with Gasteiger partial charge < -0.3 is 10.6 Å². The number of anilines is 2. The molecule has 1 fully saturated rings. The molecule has 0 bridgehead atoms. The first-order valence-corrected chi connectivity index (χ1v) is 6.47. The molecule has 1 aromatic rings. The van der Waals surface area contributed by atoms with Crippen LogP contribution in [0.25, 0.3) is 0 Å². The van der Waals surface area contributed by atoms with Crippen LogP contribution in [-0.2, 0) is 0 Å². The molecule has 0 radical (unpaired) electrons. The van der Waals surface area contributed by atoms with E-state index in [4.69, 9.17) is 17.3 Å². The summed E-state index contributed by atoms with van der Waals surface area (Å²) >= 11 is 8.11. The largest absolute Gasteiger partial charge is 0.397 e.